The summed E-state index contributed by atoms with van der Waals surface area (Å²) < 4.78 is 1.06. The fourth-order valence-electron chi connectivity index (χ4n) is 2.48. The van der Waals surface area contributed by atoms with Gasteiger partial charge < -0.3 is 10.4 Å². The molecule has 2 aromatic rings. The summed E-state index contributed by atoms with van der Waals surface area (Å²) in [6, 6.07) is 6.03. The molecule has 1 aromatic heterocycles. The number of hydrogen-bond donors (Lipinski definition) is 2. The highest BCUT2D eigenvalue weighted by Gasteiger charge is 2.09. The van der Waals surface area contributed by atoms with Gasteiger partial charge in [0.25, 0.3) is 0 Å². The third-order valence-electron chi connectivity index (χ3n) is 3.81. The average molecular weight is 385 g/mol. The topological polar surface area (TPSA) is 79.3 Å². The van der Waals surface area contributed by atoms with E-state index in [2.05, 4.69) is 22.9 Å². The van der Waals surface area contributed by atoms with Crippen molar-refractivity contribution < 1.29 is 14.7 Å². The molecule has 6 heteroatoms. The third-order valence-corrected chi connectivity index (χ3v) is 4.82. The fraction of sp³-hybridized carbons (Fsp3) is 0.286. The lowest BCUT2D eigenvalue weighted by Gasteiger charge is -2.03. The highest BCUT2D eigenvalue weighted by atomic mass is 32.1. The van der Waals surface area contributed by atoms with Gasteiger partial charge in [-0.2, -0.15) is 0 Å². The van der Waals surface area contributed by atoms with Crippen molar-refractivity contribution in [1.82, 2.24) is 10.3 Å². The number of carbonyl (C=O) groups is 2. The second-order valence-corrected chi connectivity index (χ2v) is 7.16. The predicted molar refractivity (Wildman–Crippen MR) is 111 cm³/mol. The zero-order valence-corrected chi connectivity index (χ0v) is 16.0. The van der Waals surface area contributed by atoms with Crippen LogP contribution >= 0.6 is 11.3 Å². The van der Waals surface area contributed by atoms with Crippen LogP contribution in [0, 0.1) is 0 Å². The largest absolute Gasteiger partial charge is 0.481 e. The fourth-order valence-corrected chi connectivity index (χ4v) is 3.50. The Balaban J connectivity index is 1.83. The maximum atomic E-state index is 12.0. The van der Waals surface area contributed by atoms with Crippen molar-refractivity contribution in [1.29, 1.82) is 0 Å². The number of amides is 1. The molecule has 0 saturated heterocycles. The van der Waals surface area contributed by atoms with Gasteiger partial charge in [0, 0.05) is 13.0 Å². The smallest absolute Gasteiger partial charge is 0.303 e. The number of carboxylic acids is 1. The van der Waals surface area contributed by atoms with E-state index in [1.165, 1.54) is 11.3 Å². The van der Waals surface area contributed by atoms with Gasteiger partial charge in [-0.25, -0.2) is 4.98 Å². The second kappa shape index (κ2) is 11.1. The van der Waals surface area contributed by atoms with Crippen LogP contribution < -0.4 is 5.32 Å². The Labute approximate surface area is 163 Å². The maximum Gasteiger partial charge on any atom is 0.303 e. The summed E-state index contributed by atoms with van der Waals surface area (Å²) in [7, 11) is 0. The molecule has 0 saturated carbocycles. The number of hydrogen-bond acceptors (Lipinski definition) is 4. The molecule has 1 aromatic carbocycles. The number of unbranched alkanes of at least 4 members (excludes halogenated alkanes) is 2. The van der Waals surface area contributed by atoms with Gasteiger partial charge in [0.05, 0.1) is 16.6 Å². The van der Waals surface area contributed by atoms with Crippen LogP contribution in [-0.2, 0) is 16.0 Å². The van der Waals surface area contributed by atoms with E-state index in [9.17, 15) is 9.59 Å². The van der Waals surface area contributed by atoms with Gasteiger partial charge in [-0.15, -0.1) is 11.3 Å². The average Bonchev–Trinajstić information content (AvgIpc) is 3.02. The van der Waals surface area contributed by atoms with E-state index in [1.54, 1.807) is 6.08 Å². The molecule has 0 atom stereocenters. The zero-order chi connectivity index (χ0) is 19.5. The van der Waals surface area contributed by atoms with Gasteiger partial charge >= 0.3 is 5.97 Å². The van der Waals surface area contributed by atoms with Gasteiger partial charge in [0.15, 0.2) is 0 Å². The molecule has 2 N–H and O–H groups in total. The van der Waals surface area contributed by atoms with Crippen LogP contribution in [0.3, 0.4) is 0 Å². The summed E-state index contributed by atoms with van der Waals surface area (Å²) >= 11 is 1.53. The van der Waals surface area contributed by atoms with E-state index in [1.807, 2.05) is 36.4 Å². The highest BCUT2D eigenvalue weighted by molar-refractivity contribution is 7.18. The lowest BCUT2D eigenvalue weighted by Crippen LogP contribution is -2.26. The van der Waals surface area contributed by atoms with Gasteiger partial charge in [-0.05, 0) is 30.5 Å². The summed E-state index contributed by atoms with van der Waals surface area (Å²) in [5.74, 6) is -0.830. The number of aromatic nitrogens is 1. The van der Waals surface area contributed by atoms with Crippen molar-refractivity contribution in [3.05, 3.63) is 59.7 Å². The first-order chi connectivity index (χ1) is 13.1. The first-order valence-corrected chi connectivity index (χ1v) is 9.74. The number of aliphatic carboxylic acids is 1. The van der Waals surface area contributed by atoms with Crippen LogP contribution in [-0.4, -0.2) is 28.5 Å². The number of fused-ring (bicyclic) bond motifs is 1. The Morgan fingerprint density at radius 2 is 2.04 bits per heavy atom. The maximum absolute atomic E-state index is 12.0. The van der Waals surface area contributed by atoms with E-state index >= 15 is 0 Å². The molecule has 0 aliphatic carbocycles. The molecule has 0 spiro atoms. The highest BCUT2D eigenvalue weighted by Crippen LogP contribution is 2.24. The van der Waals surface area contributed by atoms with Crippen molar-refractivity contribution in [2.75, 3.05) is 6.54 Å². The molecular weight excluding hydrogens is 360 g/mol. The monoisotopic (exact) mass is 384 g/mol. The van der Waals surface area contributed by atoms with Crippen LogP contribution in [0.1, 0.15) is 36.3 Å². The van der Waals surface area contributed by atoms with Crippen LogP contribution in [0.2, 0.25) is 0 Å². The summed E-state index contributed by atoms with van der Waals surface area (Å²) in [6.07, 6.45) is 12.1. The van der Waals surface area contributed by atoms with Gasteiger partial charge in [-0.3, -0.25) is 9.59 Å². The van der Waals surface area contributed by atoms with Gasteiger partial charge in [-0.1, -0.05) is 49.4 Å². The van der Waals surface area contributed by atoms with Crippen molar-refractivity contribution in [2.45, 2.75) is 32.1 Å². The summed E-state index contributed by atoms with van der Waals surface area (Å²) in [5, 5.41) is 12.2. The van der Waals surface area contributed by atoms with E-state index in [0.717, 1.165) is 33.6 Å². The summed E-state index contributed by atoms with van der Waals surface area (Å²) in [5.41, 5.74) is 1.98. The van der Waals surface area contributed by atoms with Crippen LogP contribution in [0.25, 0.3) is 16.3 Å². The van der Waals surface area contributed by atoms with E-state index in [4.69, 9.17) is 5.11 Å². The minimum atomic E-state index is -0.776. The molecule has 0 aliphatic rings. The molecule has 1 amide bonds. The number of thiazole rings is 1. The van der Waals surface area contributed by atoms with Crippen LogP contribution in [0.15, 0.2) is 49.1 Å². The number of allylic oxidation sites excluding steroid dienone is 4. The van der Waals surface area contributed by atoms with Crippen LogP contribution in [0.4, 0.5) is 0 Å². The Hall–Kier alpha value is -2.73. The molecule has 0 bridgehead atoms. The summed E-state index contributed by atoms with van der Waals surface area (Å²) in [6.45, 7) is 4.20. The number of rotatable bonds is 11. The van der Waals surface area contributed by atoms with Crippen LogP contribution in [0.5, 0.6) is 0 Å². The molecule has 5 nitrogen and oxygen atoms in total. The lowest BCUT2D eigenvalue weighted by atomic mass is 10.2. The Kier molecular flexibility index (Phi) is 8.45. The van der Waals surface area contributed by atoms with Crippen molar-refractivity contribution in [3.8, 4) is 0 Å². The van der Waals surface area contributed by atoms with Gasteiger partial charge in [0.1, 0.15) is 5.01 Å². The molecule has 0 fully saturated rings. The number of benzene rings is 1. The second-order valence-electron chi connectivity index (χ2n) is 6.05. The van der Waals surface area contributed by atoms with E-state index < -0.39 is 5.97 Å². The first kappa shape index (κ1) is 20.6. The number of nitrogens with zero attached hydrogens (tertiary/aromatic N) is 1. The molecule has 0 unspecified atom stereocenters. The third kappa shape index (κ3) is 7.58. The predicted octanol–water partition coefficient (Wildman–Crippen LogP) is 4.36. The molecule has 27 heavy (non-hydrogen) atoms. The molecule has 142 valence electrons. The standard InChI is InChI=1S/C21H24N2O3S/c1-2-3-4-6-9-16-11-12-17-18(14-16)27-20(23-17)15-19(24)22-13-8-5-7-10-21(25)26/h2-4,6,9,11-12,14H,1,5,7-8,10,13,15H2,(H,22,24)(H,25,26)/b4-3-,9-6+. The van der Waals surface area contributed by atoms with Crippen molar-refractivity contribution in [2.24, 2.45) is 0 Å². The Bertz CT molecular complexity index is 852. The quantitative estimate of drug-likeness (QED) is 0.446. The first-order valence-electron chi connectivity index (χ1n) is 8.92. The number of carbonyl (C=O) groups excluding carboxylic acids is 1. The van der Waals surface area contributed by atoms with Crippen molar-refractivity contribution in [3.63, 3.8) is 0 Å². The zero-order valence-electron chi connectivity index (χ0n) is 15.2. The number of nitrogens with one attached hydrogen (secondary N) is 1. The van der Waals surface area contributed by atoms with Crippen molar-refractivity contribution >= 4 is 39.5 Å². The van der Waals surface area contributed by atoms with E-state index in [0.29, 0.717) is 13.0 Å². The molecular formula is C21H24N2O3S. The normalized spacial score (nSPS) is 11.4. The number of carboxylic acid groups (broad SMARTS) is 1. The SMILES string of the molecule is C=C/C=C\C=C\c1ccc2nc(CC(=O)NCCCCCC(=O)O)sc2c1. The Morgan fingerprint density at radius 1 is 1.19 bits per heavy atom. The minimum absolute atomic E-state index is 0.0537. The lowest BCUT2D eigenvalue weighted by molar-refractivity contribution is -0.137. The molecule has 1 heterocycles. The summed E-state index contributed by atoms with van der Waals surface area (Å²) in [4.78, 5) is 27.0. The van der Waals surface area contributed by atoms with Gasteiger partial charge in [0.2, 0.25) is 5.91 Å². The molecule has 0 aliphatic heterocycles. The molecule has 0 radical (unpaired) electrons. The Morgan fingerprint density at radius 3 is 2.81 bits per heavy atom. The van der Waals surface area contributed by atoms with E-state index in [-0.39, 0.29) is 18.7 Å². The molecule has 2 rings (SSSR count). The minimum Gasteiger partial charge on any atom is -0.481 e.